The SMILES string of the molecule is COc1ccc(-c2ccc(C(=O)N(C)C3CCNC3)c(F)c2)c(F)c1.Cl. The number of amides is 1. The van der Waals surface area contributed by atoms with Crippen LogP contribution in [0.15, 0.2) is 36.4 Å². The second-order valence-corrected chi connectivity index (χ2v) is 6.10. The molecule has 7 heteroatoms. The summed E-state index contributed by atoms with van der Waals surface area (Å²) in [6.45, 7) is 1.56. The Labute approximate surface area is 157 Å². The van der Waals surface area contributed by atoms with Gasteiger partial charge in [0.25, 0.3) is 5.91 Å². The molecule has 3 rings (SSSR count). The van der Waals surface area contributed by atoms with E-state index in [1.165, 1.54) is 31.4 Å². The Hall–Kier alpha value is -2.18. The van der Waals surface area contributed by atoms with Gasteiger partial charge in [-0.25, -0.2) is 8.78 Å². The lowest BCUT2D eigenvalue weighted by molar-refractivity contribution is 0.0739. The van der Waals surface area contributed by atoms with Crippen LogP contribution < -0.4 is 10.1 Å². The third-order valence-electron chi connectivity index (χ3n) is 4.59. The summed E-state index contributed by atoms with van der Waals surface area (Å²) in [6.07, 6.45) is 0.846. The lowest BCUT2D eigenvalue weighted by Crippen LogP contribution is -2.38. The molecule has 140 valence electrons. The second-order valence-electron chi connectivity index (χ2n) is 6.10. The van der Waals surface area contributed by atoms with Gasteiger partial charge in [0.15, 0.2) is 0 Å². The average Bonchev–Trinajstić information content (AvgIpc) is 3.15. The summed E-state index contributed by atoms with van der Waals surface area (Å²) < 4.78 is 33.6. The predicted octanol–water partition coefficient (Wildman–Crippen LogP) is 3.50. The van der Waals surface area contributed by atoms with Gasteiger partial charge in [0.1, 0.15) is 17.4 Å². The van der Waals surface area contributed by atoms with E-state index in [-0.39, 0.29) is 35.5 Å². The van der Waals surface area contributed by atoms with Gasteiger partial charge in [-0.2, -0.15) is 0 Å². The molecular formula is C19H21ClF2N2O2. The molecule has 1 atom stereocenters. The smallest absolute Gasteiger partial charge is 0.256 e. The highest BCUT2D eigenvalue weighted by Crippen LogP contribution is 2.28. The van der Waals surface area contributed by atoms with Crippen molar-refractivity contribution in [1.82, 2.24) is 10.2 Å². The molecule has 26 heavy (non-hydrogen) atoms. The van der Waals surface area contributed by atoms with Crippen molar-refractivity contribution < 1.29 is 18.3 Å². The minimum Gasteiger partial charge on any atom is -0.497 e. The number of carbonyl (C=O) groups is 1. The first-order valence-corrected chi connectivity index (χ1v) is 8.12. The van der Waals surface area contributed by atoms with E-state index in [4.69, 9.17) is 4.74 Å². The van der Waals surface area contributed by atoms with Crippen LogP contribution in [0.25, 0.3) is 11.1 Å². The van der Waals surface area contributed by atoms with Crippen LogP contribution in [0.1, 0.15) is 16.8 Å². The number of nitrogens with one attached hydrogen (secondary N) is 1. The number of benzene rings is 2. The molecule has 0 bridgehead atoms. The molecule has 2 aromatic carbocycles. The molecule has 1 heterocycles. The highest BCUT2D eigenvalue weighted by Gasteiger charge is 2.26. The first-order valence-electron chi connectivity index (χ1n) is 8.12. The summed E-state index contributed by atoms with van der Waals surface area (Å²) in [5.41, 5.74) is 0.624. The number of halogens is 3. The first-order chi connectivity index (χ1) is 12.0. The van der Waals surface area contributed by atoms with Crippen molar-refractivity contribution in [2.24, 2.45) is 0 Å². The zero-order chi connectivity index (χ0) is 18.0. The van der Waals surface area contributed by atoms with Gasteiger partial charge in [-0.15, -0.1) is 12.4 Å². The molecule has 1 aliphatic heterocycles. The number of nitrogens with zero attached hydrogens (tertiary/aromatic N) is 1. The standard InChI is InChI=1S/C19H20F2N2O2.ClH/c1-23(13-7-8-22-11-13)19(24)16-5-3-12(9-17(16)20)15-6-4-14(25-2)10-18(15)21;/h3-6,9-10,13,22H,7-8,11H2,1-2H3;1H. The minimum atomic E-state index is -0.657. The molecule has 0 aromatic heterocycles. The maximum Gasteiger partial charge on any atom is 0.256 e. The van der Waals surface area contributed by atoms with Crippen molar-refractivity contribution in [2.45, 2.75) is 12.5 Å². The summed E-state index contributed by atoms with van der Waals surface area (Å²) in [7, 11) is 3.13. The summed E-state index contributed by atoms with van der Waals surface area (Å²) in [4.78, 5) is 14.1. The number of ether oxygens (including phenoxy) is 1. The molecule has 0 spiro atoms. The van der Waals surface area contributed by atoms with Crippen LogP contribution in [0.3, 0.4) is 0 Å². The Morgan fingerprint density at radius 1 is 1.19 bits per heavy atom. The fraction of sp³-hybridized carbons (Fsp3) is 0.316. The quantitative estimate of drug-likeness (QED) is 0.880. The van der Waals surface area contributed by atoms with Gasteiger partial charge in [-0.05, 0) is 42.8 Å². The van der Waals surface area contributed by atoms with Crippen molar-refractivity contribution in [3.8, 4) is 16.9 Å². The van der Waals surface area contributed by atoms with Crippen molar-refractivity contribution in [2.75, 3.05) is 27.2 Å². The van der Waals surface area contributed by atoms with Gasteiger partial charge in [-0.1, -0.05) is 6.07 Å². The van der Waals surface area contributed by atoms with Gasteiger partial charge in [-0.3, -0.25) is 4.79 Å². The zero-order valence-corrected chi connectivity index (χ0v) is 15.4. The van der Waals surface area contributed by atoms with Gasteiger partial charge in [0.05, 0.1) is 12.7 Å². The molecule has 1 amide bonds. The van der Waals surface area contributed by atoms with Gasteiger partial charge in [0.2, 0.25) is 0 Å². The van der Waals surface area contributed by atoms with Crippen LogP contribution in [0.4, 0.5) is 8.78 Å². The maximum absolute atomic E-state index is 14.5. The Morgan fingerprint density at radius 3 is 2.54 bits per heavy atom. The molecular weight excluding hydrogens is 362 g/mol. The molecule has 1 saturated heterocycles. The summed E-state index contributed by atoms with van der Waals surface area (Å²) >= 11 is 0. The van der Waals surface area contributed by atoms with Crippen LogP contribution in [-0.4, -0.2) is 44.1 Å². The predicted molar refractivity (Wildman–Crippen MR) is 99.0 cm³/mol. The summed E-state index contributed by atoms with van der Waals surface area (Å²) in [5.74, 6) is -1.14. The third kappa shape index (κ3) is 3.97. The fourth-order valence-electron chi connectivity index (χ4n) is 3.04. The van der Waals surface area contributed by atoms with Crippen molar-refractivity contribution in [1.29, 1.82) is 0 Å². The van der Waals surface area contributed by atoms with Crippen molar-refractivity contribution in [3.63, 3.8) is 0 Å². The number of likely N-dealkylation sites (N-methyl/N-ethyl adjacent to an activating group) is 1. The van der Waals surface area contributed by atoms with E-state index in [2.05, 4.69) is 5.32 Å². The summed E-state index contributed by atoms with van der Waals surface area (Å²) in [5, 5.41) is 3.18. The van der Waals surface area contributed by atoms with Crippen LogP contribution in [0.2, 0.25) is 0 Å². The number of rotatable bonds is 4. The van der Waals surface area contributed by atoms with E-state index >= 15 is 0 Å². The topological polar surface area (TPSA) is 41.6 Å². The van der Waals surface area contributed by atoms with E-state index < -0.39 is 11.6 Å². The normalized spacial score (nSPS) is 16.1. The van der Waals surface area contributed by atoms with Crippen LogP contribution in [0.5, 0.6) is 5.75 Å². The largest absolute Gasteiger partial charge is 0.497 e. The second kappa shape index (κ2) is 8.47. The van der Waals surface area contributed by atoms with Gasteiger partial charge < -0.3 is 15.0 Å². The molecule has 1 aliphatic rings. The number of hydrogen-bond donors (Lipinski definition) is 1. The maximum atomic E-state index is 14.5. The van der Waals surface area contributed by atoms with E-state index in [1.807, 2.05) is 0 Å². The fourth-order valence-corrected chi connectivity index (χ4v) is 3.04. The monoisotopic (exact) mass is 382 g/mol. The Bertz CT molecular complexity index is 795. The van der Waals surface area contributed by atoms with Crippen molar-refractivity contribution in [3.05, 3.63) is 53.6 Å². The van der Waals surface area contributed by atoms with E-state index in [0.717, 1.165) is 13.0 Å². The van der Waals surface area contributed by atoms with Crippen LogP contribution >= 0.6 is 12.4 Å². The van der Waals surface area contributed by atoms with Gasteiger partial charge >= 0.3 is 0 Å². The average molecular weight is 383 g/mol. The Kier molecular flexibility index (Phi) is 6.56. The van der Waals surface area contributed by atoms with Crippen LogP contribution in [-0.2, 0) is 0 Å². The third-order valence-corrected chi connectivity index (χ3v) is 4.59. The van der Waals surface area contributed by atoms with E-state index in [0.29, 0.717) is 17.9 Å². The number of methoxy groups -OCH3 is 1. The summed E-state index contributed by atoms with van der Waals surface area (Å²) in [6, 6.07) is 8.60. The van der Waals surface area contributed by atoms with E-state index in [9.17, 15) is 13.6 Å². The minimum absolute atomic E-state index is 0. The van der Waals surface area contributed by atoms with Gasteiger partial charge in [0, 0.05) is 31.3 Å². The molecule has 2 aromatic rings. The molecule has 4 nitrogen and oxygen atoms in total. The Morgan fingerprint density at radius 2 is 1.96 bits per heavy atom. The van der Waals surface area contributed by atoms with E-state index in [1.54, 1.807) is 24.1 Å². The molecule has 0 aliphatic carbocycles. The molecule has 0 radical (unpaired) electrons. The van der Waals surface area contributed by atoms with Crippen LogP contribution in [0, 0.1) is 11.6 Å². The lowest BCUT2D eigenvalue weighted by Gasteiger charge is -2.24. The molecule has 1 N–H and O–H groups in total. The lowest BCUT2D eigenvalue weighted by atomic mass is 10.0. The highest BCUT2D eigenvalue weighted by molar-refractivity contribution is 5.95. The molecule has 0 saturated carbocycles. The molecule has 1 unspecified atom stereocenters. The number of carbonyl (C=O) groups excluding carboxylic acids is 1. The molecule has 1 fully saturated rings. The van der Waals surface area contributed by atoms with Crippen molar-refractivity contribution >= 4 is 18.3 Å². The zero-order valence-electron chi connectivity index (χ0n) is 14.6. The highest BCUT2D eigenvalue weighted by atomic mass is 35.5. The first kappa shape index (κ1) is 20.1. The Balaban J connectivity index is 0.00000243. The number of hydrogen-bond acceptors (Lipinski definition) is 3.